The standard InChI is InChI=1S/C11H14ClN3O5S/c1-6(10(16)15-11(17)14-2)20-9-4-3-7(5-8(9)12)21(13,18)19/h3-6H,1-2H3,(H2,13,18,19)(H2,14,15,16,17). The predicted octanol–water partition coefficient (Wildman–Crippen LogP) is 0.210. The van der Waals surface area contributed by atoms with Crippen LogP contribution in [-0.2, 0) is 14.8 Å². The summed E-state index contributed by atoms with van der Waals surface area (Å²) < 4.78 is 27.6. The molecule has 0 bridgehead atoms. The highest BCUT2D eigenvalue weighted by atomic mass is 35.5. The number of hydrogen-bond acceptors (Lipinski definition) is 5. The first-order valence-corrected chi connectivity index (χ1v) is 7.59. The fourth-order valence-electron chi connectivity index (χ4n) is 1.27. The summed E-state index contributed by atoms with van der Waals surface area (Å²) in [5, 5.41) is 9.18. The van der Waals surface area contributed by atoms with Crippen LogP contribution in [0.15, 0.2) is 23.1 Å². The zero-order valence-corrected chi connectivity index (χ0v) is 12.8. The minimum absolute atomic E-state index is 0.0267. The monoisotopic (exact) mass is 335 g/mol. The van der Waals surface area contributed by atoms with Crippen molar-refractivity contribution >= 4 is 33.6 Å². The van der Waals surface area contributed by atoms with Crippen LogP contribution in [-0.4, -0.2) is 33.5 Å². The summed E-state index contributed by atoms with van der Waals surface area (Å²) in [4.78, 5) is 22.4. The fraction of sp³-hybridized carbons (Fsp3) is 0.273. The molecule has 0 fully saturated rings. The van der Waals surface area contributed by atoms with Gasteiger partial charge in [-0.25, -0.2) is 18.4 Å². The smallest absolute Gasteiger partial charge is 0.321 e. The number of amides is 3. The number of hydrogen-bond donors (Lipinski definition) is 3. The molecule has 0 aliphatic heterocycles. The fourth-order valence-corrected chi connectivity index (χ4v) is 2.10. The van der Waals surface area contributed by atoms with Gasteiger partial charge in [0.15, 0.2) is 6.10 Å². The molecule has 1 atom stereocenters. The number of imide groups is 1. The third-order valence-electron chi connectivity index (χ3n) is 2.37. The van der Waals surface area contributed by atoms with Gasteiger partial charge in [-0.05, 0) is 25.1 Å². The van der Waals surface area contributed by atoms with Crippen molar-refractivity contribution < 1.29 is 22.7 Å². The zero-order valence-electron chi connectivity index (χ0n) is 11.2. The largest absolute Gasteiger partial charge is 0.479 e. The van der Waals surface area contributed by atoms with E-state index in [2.05, 4.69) is 5.32 Å². The lowest BCUT2D eigenvalue weighted by atomic mass is 10.3. The SMILES string of the molecule is CNC(=O)NC(=O)C(C)Oc1ccc(S(N)(=O)=O)cc1Cl. The van der Waals surface area contributed by atoms with E-state index in [-0.39, 0.29) is 15.7 Å². The lowest BCUT2D eigenvalue weighted by Crippen LogP contribution is -2.44. The van der Waals surface area contributed by atoms with Crippen LogP contribution in [0.3, 0.4) is 0 Å². The highest BCUT2D eigenvalue weighted by molar-refractivity contribution is 7.89. The molecule has 0 aromatic heterocycles. The van der Waals surface area contributed by atoms with Gasteiger partial charge in [-0.2, -0.15) is 0 Å². The van der Waals surface area contributed by atoms with Crippen molar-refractivity contribution in [1.82, 2.24) is 10.6 Å². The summed E-state index contributed by atoms with van der Waals surface area (Å²) in [5.41, 5.74) is 0. The predicted molar refractivity (Wildman–Crippen MR) is 75.5 cm³/mol. The Labute approximate surface area is 126 Å². The maximum absolute atomic E-state index is 11.6. The summed E-state index contributed by atoms with van der Waals surface area (Å²) in [5.74, 6) is -0.593. The first-order chi connectivity index (χ1) is 9.65. The molecule has 10 heteroatoms. The Kier molecular flexibility index (Phi) is 5.53. The molecule has 1 unspecified atom stereocenters. The quantitative estimate of drug-likeness (QED) is 0.724. The minimum atomic E-state index is -3.88. The van der Waals surface area contributed by atoms with E-state index < -0.39 is 28.1 Å². The summed E-state index contributed by atoms with van der Waals surface area (Å²) in [6.07, 6.45) is -1.01. The second kappa shape index (κ2) is 6.74. The normalized spacial score (nSPS) is 12.4. The molecule has 0 radical (unpaired) electrons. The molecule has 1 rings (SSSR count). The summed E-state index contributed by atoms with van der Waals surface area (Å²) in [6.45, 7) is 1.40. The second-order valence-corrected chi connectivity index (χ2v) is 5.93. The molecular weight excluding hydrogens is 322 g/mol. The Morgan fingerprint density at radius 1 is 1.38 bits per heavy atom. The van der Waals surface area contributed by atoms with Crippen molar-refractivity contribution in [3.05, 3.63) is 23.2 Å². The van der Waals surface area contributed by atoms with Crippen LogP contribution in [0.5, 0.6) is 5.75 Å². The van der Waals surface area contributed by atoms with Crippen LogP contribution in [0.4, 0.5) is 4.79 Å². The molecule has 1 aromatic carbocycles. The third-order valence-corrected chi connectivity index (χ3v) is 3.58. The van der Waals surface area contributed by atoms with E-state index in [1.165, 1.54) is 26.1 Å². The van der Waals surface area contributed by atoms with Gasteiger partial charge >= 0.3 is 6.03 Å². The summed E-state index contributed by atoms with van der Waals surface area (Å²) in [6, 6.07) is 2.90. The van der Waals surface area contributed by atoms with Gasteiger partial charge in [0.25, 0.3) is 5.91 Å². The second-order valence-electron chi connectivity index (χ2n) is 3.97. The Hall–Kier alpha value is -1.84. The Bertz CT molecular complexity index is 662. The van der Waals surface area contributed by atoms with Gasteiger partial charge in [-0.3, -0.25) is 10.1 Å². The van der Waals surface area contributed by atoms with Crippen LogP contribution in [0.1, 0.15) is 6.92 Å². The van der Waals surface area contributed by atoms with Gasteiger partial charge in [-0.15, -0.1) is 0 Å². The number of carbonyl (C=O) groups excluding carboxylic acids is 2. The molecule has 8 nitrogen and oxygen atoms in total. The maximum atomic E-state index is 11.6. The summed E-state index contributed by atoms with van der Waals surface area (Å²) in [7, 11) is -2.52. The molecule has 116 valence electrons. The first kappa shape index (κ1) is 17.2. The highest BCUT2D eigenvalue weighted by Gasteiger charge is 2.19. The molecule has 0 saturated carbocycles. The molecule has 0 saturated heterocycles. The number of benzene rings is 1. The van der Waals surface area contributed by atoms with Gasteiger partial charge < -0.3 is 10.1 Å². The van der Waals surface area contributed by atoms with Gasteiger partial charge in [0.2, 0.25) is 10.0 Å². The lowest BCUT2D eigenvalue weighted by molar-refractivity contribution is -0.126. The number of sulfonamides is 1. The molecule has 3 amide bonds. The van der Waals surface area contributed by atoms with E-state index in [0.29, 0.717) is 0 Å². The number of halogens is 1. The van der Waals surface area contributed by atoms with Crippen LogP contribution in [0.25, 0.3) is 0 Å². The van der Waals surface area contributed by atoms with Crippen molar-refractivity contribution in [2.24, 2.45) is 5.14 Å². The van der Waals surface area contributed by atoms with Gasteiger partial charge in [0.1, 0.15) is 5.75 Å². The number of carbonyl (C=O) groups is 2. The van der Waals surface area contributed by atoms with Gasteiger partial charge in [0.05, 0.1) is 9.92 Å². The molecule has 0 spiro atoms. The van der Waals surface area contributed by atoms with Crippen molar-refractivity contribution in [3.63, 3.8) is 0 Å². The van der Waals surface area contributed by atoms with Crippen LogP contribution < -0.4 is 20.5 Å². The number of primary sulfonamides is 1. The molecule has 21 heavy (non-hydrogen) atoms. The van der Waals surface area contributed by atoms with Gasteiger partial charge in [-0.1, -0.05) is 11.6 Å². The molecule has 4 N–H and O–H groups in total. The molecule has 0 aliphatic rings. The zero-order chi connectivity index (χ0) is 16.2. The molecular formula is C11H14ClN3O5S. The Balaban J connectivity index is 2.84. The molecule has 0 heterocycles. The van der Waals surface area contributed by atoms with Crippen molar-refractivity contribution in [3.8, 4) is 5.75 Å². The van der Waals surface area contributed by atoms with Crippen LogP contribution >= 0.6 is 11.6 Å². The summed E-state index contributed by atoms with van der Waals surface area (Å²) >= 11 is 5.86. The number of ether oxygens (including phenoxy) is 1. The number of nitrogens with one attached hydrogen (secondary N) is 2. The van der Waals surface area contributed by atoms with E-state index in [9.17, 15) is 18.0 Å². The average molecular weight is 336 g/mol. The van der Waals surface area contributed by atoms with Crippen molar-refractivity contribution in [2.45, 2.75) is 17.9 Å². The molecule has 0 aliphatic carbocycles. The minimum Gasteiger partial charge on any atom is -0.479 e. The topological polar surface area (TPSA) is 128 Å². The Morgan fingerprint density at radius 3 is 2.48 bits per heavy atom. The van der Waals surface area contributed by atoms with E-state index in [4.69, 9.17) is 21.5 Å². The van der Waals surface area contributed by atoms with Crippen molar-refractivity contribution in [1.29, 1.82) is 0 Å². The average Bonchev–Trinajstić information content (AvgIpc) is 2.39. The number of urea groups is 1. The molecule has 1 aromatic rings. The lowest BCUT2D eigenvalue weighted by Gasteiger charge is -2.15. The van der Waals surface area contributed by atoms with E-state index >= 15 is 0 Å². The number of nitrogens with two attached hydrogens (primary N) is 1. The Morgan fingerprint density at radius 2 is 2.00 bits per heavy atom. The van der Waals surface area contributed by atoms with Crippen LogP contribution in [0.2, 0.25) is 5.02 Å². The van der Waals surface area contributed by atoms with E-state index in [1.807, 2.05) is 5.32 Å². The maximum Gasteiger partial charge on any atom is 0.321 e. The van der Waals surface area contributed by atoms with E-state index in [0.717, 1.165) is 6.07 Å². The first-order valence-electron chi connectivity index (χ1n) is 5.66. The number of rotatable bonds is 4. The van der Waals surface area contributed by atoms with Crippen molar-refractivity contribution in [2.75, 3.05) is 7.05 Å². The highest BCUT2D eigenvalue weighted by Crippen LogP contribution is 2.27. The third kappa shape index (κ3) is 4.88. The van der Waals surface area contributed by atoms with E-state index in [1.54, 1.807) is 0 Å². The van der Waals surface area contributed by atoms with Crippen LogP contribution in [0, 0.1) is 0 Å². The van der Waals surface area contributed by atoms with Gasteiger partial charge in [0, 0.05) is 7.05 Å².